The Bertz CT molecular complexity index is 2500. The van der Waals surface area contributed by atoms with Crippen LogP contribution >= 0.6 is 0 Å². The number of nitrogens with zero attached hydrogens (tertiary/aromatic N) is 6. The third-order valence-electron chi connectivity index (χ3n) is 8.42. The first-order valence-corrected chi connectivity index (χ1v) is 15.2. The molecule has 0 bridgehead atoms. The van der Waals surface area contributed by atoms with E-state index in [0.717, 1.165) is 77.8 Å². The van der Waals surface area contributed by atoms with Crippen LogP contribution < -0.4 is 0 Å². The van der Waals surface area contributed by atoms with Crippen molar-refractivity contribution in [2.45, 2.75) is 0 Å². The van der Waals surface area contributed by atoms with Gasteiger partial charge in [-0.3, -0.25) is 9.97 Å². The summed E-state index contributed by atoms with van der Waals surface area (Å²) in [6, 6.07) is 39.0. The Labute approximate surface area is 269 Å². The highest BCUT2D eigenvalue weighted by atomic mass is 16.3. The van der Waals surface area contributed by atoms with Crippen LogP contribution in [-0.4, -0.2) is 29.9 Å². The van der Waals surface area contributed by atoms with Gasteiger partial charge in [0, 0.05) is 41.5 Å². The van der Waals surface area contributed by atoms with Crippen LogP contribution in [0.5, 0.6) is 0 Å². The third-order valence-corrected chi connectivity index (χ3v) is 8.42. The minimum atomic E-state index is 0.532. The van der Waals surface area contributed by atoms with Crippen LogP contribution in [0.4, 0.5) is 0 Å². The first-order valence-electron chi connectivity index (χ1n) is 15.2. The van der Waals surface area contributed by atoms with E-state index in [1.54, 1.807) is 18.7 Å². The Hall–Kier alpha value is -6.60. The molecular formula is C40H24N6O. The predicted octanol–water partition coefficient (Wildman–Crippen LogP) is 9.44. The van der Waals surface area contributed by atoms with Crippen LogP contribution in [0.3, 0.4) is 0 Å². The highest BCUT2D eigenvalue weighted by Crippen LogP contribution is 2.37. The molecule has 0 saturated carbocycles. The normalized spacial score (nSPS) is 11.4. The van der Waals surface area contributed by atoms with E-state index in [9.17, 15) is 0 Å². The van der Waals surface area contributed by atoms with Crippen molar-refractivity contribution in [2.24, 2.45) is 0 Å². The number of hydrogen-bond acceptors (Lipinski definition) is 7. The topological polar surface area (TPSA) is 90.5 Å². The maximum atomic E-state index is 6.30. The molecule has 7 nitrogen and oxygen atoms in total. The van der Waals surface area contributed by atoms with Crippen LogP contribution in [-0.2, 0) is 0 Å². The van der Waals surface area contributed by atoms with Crippen LogP contribution in [0.15, 0.2) is 151 Å². The molecule has 9 rings (SSSR count). The molecule has 3 aromatic carbocycles. The van der Waals surface area contributed by atoms with E-state index >= 15 is 0 Å². The van der Waals surface area contributed by atoms with Gasteiger partial charge in [-0.1, -0.05) is 72.8 Å². The zero-order valence-electron chi connectivity index (χ0n) is 24.9. The van der Waals surface area contributed by atoms with Crippen LogP contribution in [0.2, 0.25) is 0 Å². The molecule has 7 heteroatoms. The number of furan rings is 1. The summed E-state index contributed by atoms with van der Waals surface area (Å²) in [4.78, 5) is 27.8. The molecule has 0 aliphatic heterocycles. The van der Waals surface area contributed by atoms with E-state index in [0.29, 0.717) is 11.3 Å². The molecule has 0 atom stereocenters. The molecule has 0 saturated heterocycles. The Morgan fingerprint density at radius 2 is 1.32 bits per heavy atom. The van der Waals surface area contributed by atoms with Crippen molar-refractivity contribution in [1.82, 2.24) is 29.9 Å². The number of aromatic nitrogens is 6. The average Bonchev–Trinajstić information content (AvgIpc) is 3.53. The Morgan fingerprint density at radius 1 is 0.489 bits per heavy atom. The van der Waals surface area contributed by atoms with Gasteiger partial charge in [-0.25, -0.2) is 19.9 Å². The lowest BCUT2D eigenvalue weighted by Crippen LogP contribution is -1.93. The predicted molar refractivity (Wildman–Crippen MR) is 185 cm³/mol. The van der Waals surface area contributed by atoms with Crippen molar-refractivity contribution in [3.63, 3.8) is 0 Å². The van der Waals surface area contributed by atoms with Crippen molar-refractivity contribution >= 4 is 33.0 Å². The van der Waals surface area contributed by atoms with Gasteiger partial charge in [-0.15, -0.1) is 0 Å². The SMILES string of the molecule is c1ccc(-c2cc(-c3ccc(-c4cnc5oc6c(-c7cccc8ccccc78)ncnc6c5c4)cc3)cc(-c3cccnc3)n2)nc1. The highest BCUT2D eigenvalue weighted by molar-refractivity contribution is 6.09. The minimum absolute atomic E-state index is 0.532. The number of benzene rings is 3. The summed E-state index contributed by atoms with van der Waals surface area (Å²) in [6.07, 6.45) is 8.82. The molecule has 0 fully saturated rings. The lowest BCUT2D eigenvalue weighted by molar-refractivity contribution is 0.652. The molecule has 220 valence electrons. The number of pyridine rings is 4. The second-order valence-corrected chi connectivity index (χ2v) is 11.3. The van der Waals surface area contributed by atoms with Crippen molar-refractivity contribution in [2.75, 3.05) is 0 Å². The summed E-state index contributed by atoms with van der Waals surface area (Å²) in [5.74, 6) is 0. The minimum Gasteiger partial charge on any atom is -0.434 e. The summed E-state index contributed by atoms with van der Waals surface area (Å²) in [5, 5.41) is 3.10. The van der Waals surface area contributed by atoms with Gasteiger partial charge in [-0.2, -0.15) is 0 Å². The summed E-state index contributed by atoms with van der Waals surface area (Å²) in [6.45, 7) is 0. The van der Waals surface area contributed by atoms with E-state index in [1.165, 1.54) is 0 Å². The van der Waals surface area contributed by atoms with Gasteiger partial charge >= 0.3 is 0 Å². The Balaban J connectivity index is 1.11. The zero-order valence-corrected chi connectivity index (χ0v) is 24.9. The molecule has 0 amide bonds. The van der Waals surface area contributed by atoms with Gasteiger partial charge in [0.15, 0.2) is 5.58 Å². The van der Waals surface area contributed by atoms with E-state index in [1.807, 2.05) is 60.9 Å². The van der Waals surface area contributed by atoms with Crippen molar-refractivity contribution in [3.8, 4) is 56.2 Å². The average molecular weight is 605 g/mol. The van der Waals surface area contributed by atoms with Gasteiger partial charge < -0.3 is 4.42 Å². The molecule has 0 spiro atoms. The summed E-state index contributed by atoms with van der Waals surface area (Å²) >= 11 is 0. The van der Waals surface area contributed by atoms with Gasteiger partial charge in [0.25, 0.3) is 0 Å². The van der Waals surface area contributed by atoms with E-state index in [-0.39, 0.29) is 0 Å². The second-order valence-electron chi connectivity index (χ2n) is 11.3. The fourth-order valence-corrected chi connectivity index (χ4v) is 6.10. The van der Waals surface area contributed by atoms with Crippen LogP contribution in [0.1, 0.15) is 0 Å². The highest BCUT2D eigenvalue weighted by Gasteiger charge is 2.18. The van der Waals surface area contributed by atoms with Crippen molar-refractivity contribution in [3.05, 3.63) is 146 Å². The quantitative estimate of drug-likeness (QED) is 0.193. The third kappa shape index (κ3) is 4.78. The molecule has 9 aromatic rings. The van der Waals surface area contributed by atoms with Gasteiger partial charge in [-0.05, 0) is 69.9 Å². The molecule has 0 radical (unpaired) electrons. The summed E-state index contributed by atoms with van der Waals surface area (Å²) < 4.78 is 6.30. The molecule has 47 heavy (non-hydrogen) atoms. The lowest BCUT2D eigenvalue weighted by Gasteiger charge is -2.10. The Morgan fingerprint density at radius 3 is 2.17 bits per heavy atom. The smallest absolute Gasteiger partial charge is 0.229 e. The molecule has 0 aliphatic rings. The van der Waals surface area contributed by atoms with Crippen LogP contribution in [0.25, 0.3) is 89.1 Å². The standard InChI is InChI=1S/C40H24N6O/c1-2-10-31-27(7-1)8-5-11-32(31)37-39-38(45-24-44-37)33-19-30(23-43-40(33)47-39)26-15-13-25(14-16-26)29-20-35(28-9-6-17-41-22-28)46-36(21-29)34-12-3-4-18-42-34/h1-24H. The first-order chi connectivity index (χ1) is 23.3. The van der Waals surface area contributed by atoms with E-state index in [4.69, 9.17) is 14.4 Å². The lowest BCUT2D eigenvalue weighted by atomic mass is 9.98. The first kappa shape index (κ1) is 26.8. The Kier molecular flexibility index (Phi) is 6.31. The van der Waals surface area contributed by atoms with Gasteiger partial charge in [0.05, 0.1) is 22.5 Å². The van der Waals surface area contributed by atoms with Gasteiger partial charge in [0.2, 0.25) is 5.71 Å². The molecule has 0 aliphatic carbocycles. The number of fused-ring (bicyclic) bond motifs is 4. The fraction of sp³-hybridized carbons (Fsp3) is 0. The fourth-order valence-electron chi connectivity index (χ4n) is 6.10. The molecule has 0 N–H and O–H groups in total. The molecule has 6 aromatic heterocycles. The van der Waals surface area contributed by atoms with Crippen LogP contribution in [0, 0.1) is 0 Å². The summed E-state index contributed by atoms with van der Waals surface area (Å²) in [7, 11) is 0. The molecule has 0 unspecified atom stereocenters. The maximum Gasteiger partial charge on any atom is 0.229 e. The van der Waals surface area contributed by atoms with Gasteiger partial charge in [0.1, 0.15) is 17.5 Å². The van der Waals surface area contributed by atoms with E-state index in [2.05, 4.69) is 86.7 Å². The second kappa shape index (κ2) is 11.1. The zero-order chi connectivity index (χ0) is 31.2. The van der Waals surface area contributed by atoms with E-state index < -0.39 is 0 Å². The van der Waals surface area contributed by atoms with Crippen molar-refractivity contribution in [1.29, 1.82) is 0 Å². The number of hydrogen-bond donors (Lipinski definition) is 0. The molecular weight excluding hydrogens is 580 g/mol. The number of rotatable bonds is 5. The maximum absolute atomic E-state index is 6.30. The summed E-state index contributed by atoms with van der Waals surface area (Å²) in [5.41, 5.74) is 11.2. The molecule has 6 heterocycles. The largest absolute Gasteiger partial charge is 0.434 e. The van der Waals surface area contributed by atoms with Crippen molar-refractivity contribution < 1.29 is 4.42 Å². The monoisotopic (exact) mass is 604 g/mol.